The summed E-state index contributed by atoms with van der Waals surface area (Å²) in [6.45, 7) is 7.62. The molecule has 0 aliphatic heterocycles. The first-order valence-corrected chi connectivity index (χ1v) is 6.46. The second kappa shape index (κ2) is 10.2. The molecular formula is C12H20BrNO4. The fraction of sp³-hybridized carbons (Fsp3) is 0.750. The summed E-state index contributed by atoms with van der Waals surface area (Å²) in [4.78, 5) is 13.8. The van der Waals surface area contributed by atoms with Gasteiger partial charge in [0.25, 0.3) is 0 Å². The standard InChI is InChI=1S/C12H20BrNO4/c1-12(2,3)18-11(15)14-6-8-17-10-9-16-7-4-5-13/h6-10H2,1-3H3,(H,14,15). The minimum Gasteiger partial charge on any atom is -0.444 e. The third kappa shape index (κ3) is 13.3. The summed E-state index contributed by atoms with van der Waals surface area (Å²) in [5.41, 5.74) is -0.477. The lowest BCUT2D eigenvalue weighted by atomic mass is 10.2. The highest BCUT2D eigenvalue weighted by Gasteiger charge is 2.15. The zero-order valence-corrected chi connectivity index (χ0v) is 12.6. The molecule has 0 aliphatic carbocycles. The normalized spacial score (nSPS) is 10.4. The van der Waals surface area contributed by atoms with Gasteiger partial charge in [0.2, 0.25) is 0 Å². The maximum absolute atomic E-state index is 11.2. The summed E-state index contributed by atoms with van der Waals surface area (Å²) in [6, 6.07) is 0. The molecule has 0 saturated heterocycles. The van der Waals surface area contributed by atoms with Crippen molar-refractivity contribution in [1.82, 2.24) is 5.32 Å². The second-order valence-electron chi connectivity index (χ2n) is 4.36. The Bertz CT molecular complexity index is 291. The van der Waals surface area contributed by atoms with E-state index in [4.69, 9.17) is 14.2 Å². The average Bonchev–Trinajstić information content (AvgIpc) is 2.24. The van der Waals surface area contributed by atoms with Crippen molar-refractivity contribution in [3.05, 3.63) is 0 Å². The molecule has 18 heavy (non-hydrogen) atoms. The van der Waals surface area contributed by atoms with E-state index in [0.29, 0.717) is 33.0 Å². The summed E-state index contributed by atoms with van der Waals surface area (Å²) < 4.78 is 15.4. The summed E-state index contributed by atoms with van der Waals surface area (Å²) in [5.74, 6) is 2.70. The van der Waals surface area contributed by atoms with Crippen LogP contribution in [0.3, 0.4) is 0 Å². The molecule has 0 aromatic carbocycles. The van der Waals surface area contributed by atoms with Crippen molar-refractivity contribution in [1.29, 1.82) is 0 Å². The molecule has 0 spiro atoms. The third-order valence-electron chi connectivity index (χ3n) is 1.53. The number of ether oxygens (including phenoxy) is 3. The van der Waals surface area contributed by atoms with Crippen molar-refractivity contribution in [3.8, 4) is 10.8 Å². The van der Waals surface area contributed by atoms with E-state index in [2.05, 4.69) is 32.0 Å². The highest BCUT2D eigenvalue weighted by atomic mass is 79.9. The number of hydrogen-bond acceptors (Lipinski definition) is 4. The average molecular weight is 322 g/mol. The van der Waals surface area contributed by atoms with Gasteiger partial charge in [-0.2, -0.15) is 0 Å². The van der Waals surface area contributed by atoms with Gasteiger partial charge >= 0.3 is 6.09 Å². The first-order chi connectivity index (χ1) is 8.45. The number of rotatable bonds is 7. The lowest BCUT2D eigenvalue weighted by Gasteiger charge is -2.19. The van der Waals surface area contributed by atoms with Gasteiger partial charge in [0.1, 0.15) is 12.2 Å². The van der Waals surface area contributed by atoms with Crippen molar-refractivity contribution < 1.29 is 19.0 Å². The fourth-order valence-corrected chi connectivity index (χ4v) is 1.02. The monoisotopic (exact) mass is 321 g/mol. The van der Waals surface area contributed by atoms with Gasteiger partial charge < -0.3 is 19.5 Å². The Balaban J connectivity index is 3.29. The van der Waals surface area contributed by atoms with E-state index in [-0.39, 0.29) is 0 Å². The summed E-state index contributed by atoms with van der Waals surface area (Å²) in [6.07, 6.45) is -0.435. The van der Waals surface area contributed by atoms with Gasteiger partial charge in [0, 0.05) is 22.5 Å². The highest BCUT2D eigenvalue weighted by Crippen LogP contribution is 2.05. The van der Waals surface area contributed by atoms with Crippen LogP contribution in [0.1, 0.15) is 20.8 Å². The van der Waals surface area contributed by atoms with E-state index in [0.717, 1.165) is 0 Å². The van der Waals surface area contributed by atoms with Gasteiger partial charge in [-0.1, -0.05) is 5.92 Å². The van der Waals surface area contributed by atoms with Crippen LogP contribution in [-0.4, -0.2) is 44.7 Å². The minimum absolute atomic E-state index is 0.380. The number of carbonyl (C=O) groups excluding carboxylic acids is 1. The molecule has 6 heteroatoms. The van der Waals surface area contributed by atoms with Crippen LogP contribution < -0.4 is 5.32 Å². The van der Waals surface area contributed by atoms with Crippen LogP contribution in [0, 0.1) is 10.8 Å². The largest absolute Gasteiger partial charge is 0.444 e. The van der Waals surface area contributed by atoms with Crippen LogP contribution in [0.5, 0.6) is 0 Å². The van der Waals surface area contributed by atoms with Gasteiger partial charge in [-0.15, -0.1) is 0 Å². The van der Waals surface area contributed by atoms with E-state index >= 15 is 0 Å². The van der Waals surface area contributed by atoms with Gasteiger partial charge in [-0.05, 0) is 25.6 Å². The molecule has 0 aromatic heterocycles. The topological polar surface area (TPSA) is 56.8 Å². The Morgan fingerprint density at radius 2 is 1.89 bits per heavy atom. The first kappa shape index (κ1) is 17.2. The predicted molar refractivity (Wildman–Crippen MR) is 72.6 cm³/mol. The summed E-state index contributed by atoms with van der Waals surface area (Å²) >= 11 is 2.96. The molecule has 0 unspecified atom stereocenters. The molecule has 0 heterocycles. The number of alkyl carbamates (subject to hydrolysis) is 1. The van der Waals surface area contributed by atoms with Gasteiger partial charge in [-0.25, -0.2) is 4.79 Å². The van der Waals surface area contributed by atoms with Gasteiger partial charge in [-0.3, -0.25) is 0 Å². The number of hydrogen-bond donors (Lipinski definition) is 1. The number of amides is 1. The van der Waals surface area contributed by atoms with E-state index in [1.54, 1.807) is 0 Å². The van der Waals surface area contributed by atoms with Gasteiger partial charge in [0.05, 0.1) is 19.8 Å². The van der Waals surface area contributed by atoms with Crippen LogP contribution in [-0.2, 0) is 14.2 Å². The molecule has 1 N–H and O–H groups in total. The second-order valence-corrected chi connectivity index (χ2v) is 4.76. The molecule has 0 aromatic rings. The van der Waals surface area contributed by atoms with Crippen molar-refractivity contribution in [2.75, 3.05) is 33.0 Å². The third-order valence-corrected chi connectivity index (χ3v) is 1.81. The lowest BCUT2D eigenvalue weighted by Crippen LogP contribution is -2.34. The number of carbonyl (C=O) groups is 1. The quantitative estimate of drug-likeness (QED) is 0.574. The molecule has 104 valence electrons. The van der Waals surface area contributed by atoms with Crippen LogP contribution in [0.15, 0.2) is 0 Å². The number of halogens is 1. The van der Waals surface area contributed by atoms with E-state index in [1.165, 1.54) is 0 Å². The molecule has 0 radical (unpaired) electrons. The van der Waals surface area contributed by atoms with Crippen LogP contribution in [0.25, 0.3) is 0 Å². The Hall–Kier alpha value is -0.770. The zero-order chi connectivity index (χ0) is 13.9. The van der Waals surface area contributed by atoms with Crippen LogP contribution >= 0.6 is 15.9 Å². The number of nitrogens with one attached hydrogen (secondary N) is 1. The highest BCUT2D eigenvalue weighted by molar-refractivity contribution is 9.12. The SMILES string of the molecule is CC(C)(C)OC(=O)NCCOCCOCC#CBr. The van der Waals surface area contributed by atoms with Crippen LogP contribution in [0.4, 0.5) is 4.79 Å². The summed E-state index contributed by atoms with van der Waals surface area (Å²) in [5, 5.41) is 2.59. The lowest BCUT2D eigenvalue weighted by molar-refractivity contribution is 0.0443. The van der Waals surface area contributed by atoms with E-state index < -0.39 is 11.7 Å². The predicted octanol–water partition coefficient (Wildman–Crippen LogP) is 1.90. The van der Waals surface area contributed by atoms with E-state index in [1.807, 2.05) is 20.8 Å². The smallest absolute Gasteiger partial charge is 0.407 e. The molecular weight excluding hydrogens is 302 g/mol. The molecule has 0 aliphatic rings. The Labute approximate surface area is 117 Å². The van der Waals surface area contributed by atoms with Gasteiger partial charge in [0.15, 0.2) is 0 Å². The molecule has 5 nitrogen and oxygen atoms in total. The molecule has 1 amide bonds. The first-order valence-electron chi connectivity index (χ1n) is 5.66. The van der Waals surface area contributed by atoms with Crippen molar-refractivity contribution >= 4 is 22.0 Å². The maximum atomic E-state index is 11.2. The molecule has 0 saturated carbocycles. The molecule has 0 fully saturated rings. The van der Waals surface area contributed by atoms with E-state index in [9.17, 15) is 4.79 Å². The fourth-order valence-electron chi connectivity index (χ4n) is 0.910. The molecule has 0 bridgehead atoms. The summed E-state index contributed by atoms with van der Waals surface area (Å²) in [7, 11) is 0. The minimum atomic E-state index is -0.477. The molecule has 0 rings (SSSR count). The van der Waals surface area contributed by atoms with Crippen molar-refractivity contribution in [3.63, 3.8) is 0 Å². The van der Waals surface area contributed by atoms with Crippen LogP contribution in [0.2, 0.25) is 0 Å². The molecule has 0 atom stereocenters. The maximum Gasteiger partial charge on any atom is 0.407 e. The van der Waals surface area contributed by atoms with Crippen molar-refractivity contribution in [2.24, 2.45) is 0 Å². The Kier molecular flexibility index (Phi) is 9.74. The zero-order valence-electron chi connectivity index (χ0n) is 11.0. The van der Waals surface area contributed by atoms with Crippen molar-refractivity contribution in [2.45, 2.75) is 26.4 Å². The Morgan fingerprint density at radius 1 is 1.22 bits per heavy atom. The Morgan fingerprint density at radius 3 is 2.50 bits per heavy atom.